The van der Waals surface area contributed by atoms with Gasteiger partial charge in [0, 0.05) is 22.2 Å². The first kappa shape index (κ1) is 36.9. The molecule has 0 bridgehead atoms. The van der Waals surface area contributed by atoms with Gasteiger partial charge in [0.25, 0.3) is 0 Å². The van der Waals surface area contributed by atoms with Gasteiger partial charge in [-0.25, -0.2) is 0 Å². The Balaban J connectivity index is 1.39. The molecule has 0 unspecified atom stereocenters. The third-order valence-corrected chi connectivity index (χ3v) is 13.3. The van der Waals surface area contributed by atoms with Gasteiger partial charge >= 0.3 is 0 Å². The molecule has 284 valence electrons. The summed E-state index contributed by atoms with van der Waals surface area (Å²) in [7, 11) is 0. The molecule has 1 heteroatoms. The molecule has 0 amide bonds. The topological polar surface area (TPSA) is 3.24 Å². The van der Waals surface area contributed by atoms with Crippen molar-refractivity contribution in [3.8, 4) is 44.5 Å². The summed E-state index contributed by atoms with van der Waals surface area (Å²) < 4.78 is 0. The molecule has 0 fully saturated rings. The third kappa shape index (κ3) is 6.24. The first-order valence-corrected chi connectivity index (χ1v) is 20.9. The molecule has 0 atom stereocenters. The second-order valence-corrected chi connectivity index (χ2v) is 18.6. The van der Waals surface area contributed by atoms with Gasteiger partial charge in [-0.1, -0.05) is 177 Å². The van der Waals surface area contributed by atoms with Gasteiger partial charge in [0.2, 0.25) is 0 Å². The first-order chi connectivity index (χ1) is 27.3. The SMILES string of the molecule is CC(C)c1cc2c(cc1-c1cc3c(cc1N(c1ccc(-c4ccccc4)cc1)c1ccccc1-c1ccccc1)C(C)(C)c1ccccc1-3)C(C)(C)CCC2(C)C. The summed E-state index contributed by atoms with van der Waals surface area (Å²) in [4.78, 5) is 2.56. The second kappa shape index (κ2) is 13.8. The maximum Gasteiger partial charge on any atom is 0.0543 e. The van der Waals surface area contributed by atoms with Crippen LogP contribution in [-0.4, -0.2) is 0 Å². The minimum absolute atomic E-state index is 0.0768. The number of rotatable bonds is 7. The van der Waals surface area contributed by atoms with Gasteiger partial charge < -0.3 is 4.90 Å². The summed E-state index contributed by atoms with van der Waals surface area (Å²) in [5, 5.41) is 0. The predicted octanol–water partition coefficient (Wildman–Crippen LogP) is 15.9. The van der Waals surface area contributed by atoms with E-state index in [1.165, 1.54) is 90.9 Å². The highest BCUT2D eigenvalue weighted by atomic mass is 15.1. The van der Waals surface area contributed by atoms with Gasteiger partial charge in [-0.05, 0) is 127 Å². The van der Waals surface area contributed by atoms with Crippen LogP contribution >= 0.6 is 0 Å². The Morgan fingerprint density at radius 2 is 0.947 bits per heavy atom. The lowest BCUT2D eigenvalue weighted by molar-refractivity contribution is 0.331. The Hall–Kier alpha value is -5.66. The number of benzene rings is 7. The molecule has 0 radical (unpaired) electrons. The van der Waals surface area contributed by atoms with E-state index < -0.39 is 0 Å². The van der Waals surface area contributed by atoms with Crippen molar-refractivity contribution in [2.24, 2.45) is 0 Å². The largest absolute Gasteiger partial charge is 0.309 e. The fraction of sp³-hybridized carbons (Fsp3) is 0.250. The van der Waals surface area contributed by atoms with Crippen LogP contribution in [0.25, 0.3) is 44.5 Å². The monoisotopic (exact) mass is 741 g/mol. The summed E-state index contributed by atoms with van der Waals surface area (Å²) in [5.74, 6) is 0.339. The Labute approximate surface area is 341 Å². The number of fused-ring (bicyclic) bond motifs is 4. The van der Waals surface area contributed by atoms with E-state index in [-0.39, 0.29) is 16.2 Å². The van der Waals surface area contributed by atoms with E-state index in [4.69, 9.17) is 0 Å². The highest BCUT2D eigenvalue weighted by molar-refractivity contribution is 5.98. The van der Waals surface area contributed by atoms with Crippen LogP contribution in [0.3, 0.4) is 0 Å². The minimum Gasteiger partial charge on any atom is -0.309 e. The molecule has 7 aromatic rings. The molecular formula is C56H55N. The van der Waals surface area contributed by atoms with Crippen molar-refractivity contribution in [1.29, 1.82) is 0 Å². The summed E-state index contributed by atoms with van der Waals surface area (Å²) in [6.07, 6.45) is 2.37. The van der Waals surface area contributed by atoms with Crippen molar-refractivity contribution in [3.63, 3.8) is 0 Å². The van der Waals surface area contributed by atoms with E-state index in [2.05, 4.69) is 218 Å². The van der Waals surface area contributed by atoms with E-state index in [0.717, 1.165) is 11.4 Å². The zero-order valence-electron chi connectivity index (χ0n) is 34.9. The van der Waals surface area contributed by atoms with E-state index in [0.29, 0.717) is 5.92 Å². The van der Waals surface area contributed by atoms with Crippen LogP contribution in [0.1, 0.15) is 102 Å². The molecule has 2 aliphatic carbocycles. The normalized spacial score (nSPS) is 15.8. The molecule has 0 aromatic heterocycles. The van der Waals surface area contributed by atoms with E-state index in [1.54, 1.807) is 0 Å². The third-order valence-electron chi connectivity index (χ3n) is 13.3. The minimum atomic E-state index is -0.163. The molecule has 9 rings (SSSR count). The van der Waals surface area contributed by atoms with Gasteiger partial charge in [-0.2, -0.15) is 0 Å². The molecule has 0 saturated carbocycles. The molecule has 0 heterocycles. The van der Waals surface area contributed by atoms with E-state index in [1.807, 2.05) is 0 Å². The zero-order valence-corrected chi connectivity index (χ0v) is 34.9. The smallest absolute Gasteiger partial charge is 0.0543 e. The number of hydrogen-bond acceptors (Lipinski definition) is 1. The highest BCUT2D eigenvalue weighted by Crippen LogP contribution is 2.56. The fourth-order valence-electron chi connectivity index (χ4n) is 9.85. The van der Waals surface area contributed by atoms with Crippen molar-refractivity contribution in [3.05, 3.63) is 186 Å². The molecule has 57 heavy (non-hydrogen) atoms. The molecule has 0 aliphatic heterocycles. The summed E-state index contributed by atoms with van der Waals surface area (Å²) in [5.41, 5.74) is 20.9. The van der Waals surface area contributed by atoms with Crippen LogP contribution in [0, 0.1) is 0 Å². The van der Waals surface area contributed by atoms with Gasteiger partial charge in [0.15, 0.2) is 0 Å². The summed E-state index contributed by atoms with van der Waals surface area (Å²) >= 11 is 0. The van der Waals surface area contributed by atoms with Gasteiger partial charge in [0.05, 0.1) is 11.4 Å². The molecule has 0 spiro atoms. The fourth-order valence-corrected chi connectivity index (χ4v) is 9.85. The highest BCUT2D eigenvalue weighted by Gasteiger charge is 2.40. The van der Waals surface area contributed by atoms with Crippen molar-refractivity contribution in [2.75, 3.05) is 4.90 Å². The first-order valence-electron chi connectivity index (χ1n) is 20.9. The average Bonchev–Trinajstić information content (AvgIpc) is 3.45. The lowest BCUT2D eigenvalue weighted by Gasteiger charge is -2.43. The lowest BCUT2D eigenvalue weighted by Crippen LogP contribution is -2.34. The molecule has 1 nitrogen and oxygen atoms in total. The standard InChI is InChI=1S/C56H55N/c1-37(2)44-34-50-51(55(5,6)32-31-54(50,3)4)35-45(44)47-33-46-43-24-15-17-25-48(43)56(7,8)49(46)36-53(47)57(41-29-27-39(28-30-41)38-19-11-9-12-20-38)52-26-18-16-23-42(52)40-21-13-10-14-22-40/h9-30,33-37H,31-32H2,1-8H3. The van der Waals surface area contributed by atoms with Crippen LogP contribution < -0.4 is 4.90 Å². The molecule has 2 aliphatic rings. The maximum atomic E-state index is 2.61. The van der Waals surface area contributed by atoms with Crippen LogP contribution in [0.5, 0.6) is 0 Å². The average molecular weight is 742 g/mol. The number of anilines is 3. The second-order valence-electron chi connectivity index (χ2n) is 18.6. The molecule has 0 N–H and O–H groups in total. The Kier molecular flexibility index (Phi) is 8.93. The van der Waals surface area contributed by atoms with Gasteiger partial charge in [-0.15, -0.1) is 0 Å². The van der Waals surface area contributed by atoms with E-state index in [9.17, 15) is 0 Å². The van der Waals surface area contributed by atoms with E-state index >= 15 is 0 Å². The Bertz CT molecular complexity index is 2600. The van der Waals surface area contributed by atoms with Crippen molar-refractivity contribution in [1.82, 2.24) is 0 Å². The van der Waals surface area contributed by atoms with Crippen molar-refractivity contribution < 1.29 is 0 Å². The molecular weight excluding hydrogens is 687 g/mol. The predicted molar refractivity (Wildman–Crippen MR) is 244 cm³/mol. The van der Waals surface area contributed by atoms with Crippen LogP contribution in [0.2, 0.25) is 0 Å². The van der Waals surface area contributed by atoms with Gasteiger partial charge in [0.1, 0.15) is 0 Å². The number of para-hydroxylation sites is 1. The Morgan fingerprint density at radius 1 is 0.404 bits per heavy atom. The Morgan fingerprint density at radius 3 is 1.60 bits per heavy atom. The van der Waals surface area contributed by atoms with Crippen LogP contribution in [0.15, 0.2) is 158 Å². The van der Waals surface area contributed by atoms with Crippen LogP contribution in [0.4, 0.5) is 17.1 Å². The van der Waals surface area contributed by atoms with Crippen molar-refractivity contribution >= 4 is 17.1 Å². The zero-order chi connectivity index (χ0) is 39.7. The van der Waals surface area contributed by atoms with Crippen LogP contribution in [-0.2, 0) is 16.2 Å². The molecule has 7 aromatic carbocycles. The quantitative estimate of drug-likeness (QED) is 0.157. The van der Waals surface area contributed by atoms with Crippen molar-refractivity contribution in [2.45, 2.75) is 90.4 Å². The molecule has 0 saturated heterocycles. The number of nitrogens with zero attached hydrogens (tertiary/aromatic N) is 1. The number of hydrogen-bond donors (Lipinski definition) is 0. The lowest BCUT2D eigenvalue weighted by atomic mass is 9.62. The van der Waals surface area contributed by atoms with Gasteiger partial charge in [-0.3, -0.25) is 0 Å². The maximum absolute atomic E-state index is 2.61. The summed E-state index contributed by atoms with van der Waals surface area (Å²) in [6, 6.07) is 59.2. The summed E-state index contributed by atoms with van der Waals surface area (Å²) in [6.45, 7) is 19.4.